The molecule has 0 radical (unpaired) electrons. The number of benzene rings is 1. The van der Waals surface area contributed by atoms with Crippen molar-refractivity contribution in [1.29, 1.82) is 0 Å². The maximum Gasteiger partial charge on any atom is 0.221 e. The summed E-state index contributed by atoms with van der Waals surface area (Å²) < 4.78 is 0. The fourth-order valence-corrected chi connectivity index (χ4v) is 2.84. The van der Waals surface area contributed by atoms with Crippen molar-refractivity contribution in [2.24, 2.45) is 0 Å². The van der Waals surface area contributed by atoms with Crippen LogP contribution in [0, 0.1) is 0 Å². The van der Waals surface area contributed by atoms with E-state index < -0.39 is 0 Å². The lowest BCUT2D eigenvalue weighted by atomic mass is 10.1. The molecular weight excluding hydrogens is 347 g/mol. The summed E-state index contributed by atoms with van der Waals surface area (Å²) in [5.74, 6) is -0.0549. The van der Waals surface area contributed by atoms with Crippen LogP contribution in [-0.4, -0.2) is 36.3 Å². The molecule has 6 heteroatoms. The zero-order chi connectivity index (χ0) is 17.9. The van der Waals surface area contributed by atoms with Crippen molar-refractivity contribution in [3.63, 3.8) is 0 Å². The lowest BCUT2D eigenvalue weighted by Crippen LogP contribution is -2.35. The van der Waals surface area contributed by atoms with Gasteiger partial charge in [0.05, 0.1) is 0 Å². The van der Waals surface area contributed by atoms with E-state index in [-0.39, 0.29) is 11.8 Å². The summed E-state index contributed by atoms with van der Waals surface area (Å²) in [4.78, 5) is 25.2. The normalized spacial score (nSPS) is 10.5. The van der Waals surface area contributed by atoms with Crippen LogP contribution in [0.4, 0.5) is 0 Å². The van der Waals surface area contributed by atoms with E-state index in [1.807, 2.05) is 6.07 Å². The Morgan fingerprint density at radius 3 is 2.54 bits per heavy atom. The largest absolute Gasteiger partial charge is 0.356 e. The van der Waals surface area contributed by atoms with Crippen LogP contribution in [0.15, 0.2) is 18.2 Å². The fourth-order valence-electron chi connectivity index (χ4n) is 2.33. The monoisotopic (exact) mass is 372 g/mol. The smallest absolute Gasteiger partial charge is 0.221 e. The maximum absolute atomic E-state index is 11.8. The minimum atomic E-state index is -0.0427. The number of hydrogen-bond acceptors (Lipinski definition) is 2. The molecule has 1 aromatic rings. The highest BCUT2D eigenvalue weighted by Crippen LogP contribution is 2.21. The number of unbranched alkanes of at least 4 members (excludes halogenated alkanes) is 2. The van der Waals surface area contributed by atoms with Gasteiger partial charge in [0, 0.05) is 43.0 Å². The summed E-state index contributed by atoms with van der Waals surface area (Å²) in [7, 11) is 0. The van der Waals surface area contributed by atoms with Crippen LogP contribution in [0.25, 0.3) is 0 Å². The molecule has 0 bridgehead atoms. The van der Waals surface area contributed by atoms with Gasteiger partial charge in [-0.05, 0) is 30.5 Å². The molecule has 0 aliphatic rings. The zero-order valence-electron chi connectivity index (χ0n) is 14.4. The third-order valence-electron chi connectivity index (χ3n) is 3.82. The molecule has 0 saturated heterocycles. The molecule has 2 amide bonds. The van der Waals surface area contributed by atoms with E-state index >= 15 is 0 Å². The van der Waals surface area contributed by atoms with Gasteiger partial charge in [-0.15, -0.1) is 0 Å². The van der Waals surface area contributed by atoms with Gasteiger partial charge < -0.3 is 10.2 Å². The number of rotatable bonds is 10. The van der Waals surface area contributed by atoms with Crippen molar-refractivity contribution < 1.29 is 9.59 Å². The van der Waals surface area contributed by atoms with Crippen LogP contribution in [0.3, 0.4) is 0 Å². The van der Waals surface area contributed by atoms with Gasteiger partial charge in [0.15, 0.2) is 0 Å². The molecule has 1 rings (SSSR count). The van der Waals surface area contributed by atoms with Crippen molar-refractivity contribution in [1.82, 2.24) is 10.2 Å². The van der Waals surface area contributed by atoms with E-state index in [2.05, 4.69) is 12.2 Å². The molecule has 1 N–H and O–H groups in total. The molecule has 24 heavy (non-hydrogen) atoms. The summed E-state index contributed by atoms with van der Waals surface area (Å²) in [5.41, 5.74) is 0.941. The number of nitrogens with zero attached hydrogens (tertiary/aromatic N) is 1. The van der Waals surface area contributed by atoms with Crippen molar-refractivity contribution >= 4 is 35.0 Å². The van der Waals surface area contributed by atoms with Crippen molar-refractivity contribution in [3.05, 3.63) is 33.8 Å². The van der Waals surface area contributed by atoms with Crippen LogP contribution in [0.2, 0.25) is 10.0 Å². The van der Waals surface area contributed by atoms with Crippen LogP contribution in [0.1, 0.15) is 45.1 Å². The van der Waals surface area contributed by atoms with Gasteiger partial charge in [0.2, 0.25) is 11.8 Å². The van der Waals surface area contributed by atoms with Crippen molar-refractivity contribution in [2.75, 3.05) is 19.6 Å². The van der Waals surface area contributed by atoms with E-state index in [1.54, 1.807) is 17.0 Å². The molecule has 0 spiro atoms. The van der Waals surface area contributed by atoms with Crippen LogP contribution in [-0.2, 0) is 16.0 Å². The first-order chi connectivity index (χ1) is 11.4. The molecule has 134 valence electrons. The Hall–Kier alpha value is -1.26. The summed E-state index contributed by atoms with van der Waals surface area (Å²) in [6.45, 7) is 5.29. The standard InChI is InChI=1S/C18H26Cl2N2O2/c1-3-4-5-10-21-18(24)9-12-22(14(2)23)11-8-15-6-7-16(19)13-17(15)20/h6-7,13H,3-5,8-12H2,1-2H3,(H,21,24). The average Bonchev–Trinajstić information content (AvgIpc) is 2.52. The number of amides is 2. The van der Waals surface area contributed by atoms with E-state index in [0.717, 1.165) is 24.8 Å². The van der Waals surface area contributed by atoms with Crippen molar-refractivity contribution in [3.8, 4) is 0 Å². The summed E-state index contributed by atoms with van der Waals surface area (Å²) in [5, 5.41) is 4.07. The highest BCUT2D eigenvalue weighted by atomic mass is 35.5. The lowest BCUT2D eigenvalue weighted by Gasteiger charge is -2.21. The molecule has 1 aromatic carbocycles. The molecule has 0 aliphatic carbocycles. The molecule has 0 atom stereocenters. The van der Waals surface area contributed by atoms with E-state index in [0.29, 0.717) is 42.5 Å². The highest BCUT2D eigenvalue weighted by Gasteiger charge is 2.12. The molecule has 0 aliphatic heterocycles. The Bertz CT molecular complexity index is 550. The van der Waals surface area contributed by atoms with Gasteiger partial charge in [0.25, 0.3) is 0 Å². The predicted octanol–water partition coefficient (Wildman–Crippen LogP) is 4.08. The topological polar surface area (TPSA) is 49.4 Å². The highest BCUT2D eigenvalue weighted by molar-refractivity contribution is 6.35. The maximum atomic E-state index is 11.8. The van der Waals surface area contributed by atoms with Crippen molar-refractivity contribution in [2.45, 2.75) is 46.0 Å². The number of carbonyl (C=O) groups is 2. The first-order valence-corrected chi connectivity index (χ1v) is 9.15. The molecule has 0 aromatic heterocycles. The fraction of sp³-hybridized carbons (Fsp3) is 0.556. The van der Waals surface area contributed by atoms with Crippen LogP contribution < -0.4 is 5.32 Å². The lowest BCUT2D eigenvalue weighted by molar-refractivity contribution is -0.129. The third-order valence-corrected chi connectivity index (χ3v) is 4.41. The molecule has 4 nitrogen and oxygen atoms in total. The second-order valence-electron chi connectivity index (χ2n) is 5.80. The summed E-state index contributed by atoms with van der Waals surface area (Å²) in [6, 6.07) is 5.34. The van der Waals surface area contributed by atoms with Gasteiger partial charge in [-0.2, -0.15) is 0 Å². The Labute approximate surface area is 154 Å². The number of nitrogens with one attached hydrogen (secondary N) is 1. The number of hydrogen-bond donors (Lipinski definition) is 1. The summed E-state index contributed by atoms with van der Waals surface area (Å²) in [6.07, 6.45) is 4.18. The third kappa shape index (κ3) is 8.02. The Morgan fingerprint density at radius 1 is 1.17 bits per heavy atom. The summed E-state index contributed by atoms with van der Waals surface area (Å²) >= 11 is 12.0. The molecular formula is C18H26Cl2N2O2. The van der Waals surface area contributed by atoms with Gasteiger partial charge in [-0.25, -0.2) is 0 Å². The second-order valence-corrected chi connectivity index (χ2v) is 6.64. The van der Waals surface area contributed by atoms with E-state index in [1.165, 1.54) is 6.92 Å². The Morgan fingerprint density at radius 2 is 1.92 bits per heavy atom. The minimum Gasteiger partial charge on any atom is -0.356 e. The Balaban J connectivity index is 2.41. The van der Waals surface area contributed by atoms with Gasteiger partial charge >= 0.3 is 0 Å². The van der Waals surface area contributed by atoms with Gasteiger partial charge in [-0.3, -0.25) is 9.59 Å². The zero-order valence-corrected chi connectivity index (χ0v) is 15.9. The van der Waals surface area contributed by atoms with Gasteiger partial charge in [0.1, 0.15) is 0 Å². The first-order valence-electron chi connectivity index (χ1n) is 8.40. The first kappa shape index (κ1) is 20.8. The van der Waals surface area contributed by atoms with Crippen LogP contribution >= 0.6 is 23.2 Å². The SMILES string of the molecule is CCCCCNC(=O)CCN(CCc1ccc(Cl)cc1Cl)C(C)=O. The molecule has 0 heterocycles. The quantitative estimate of drug-likeness (QED) is 0.629. The Kier molecular flexibility index (Phi) is 9.80. The average molecular weight is 373 g/mol. The molecule has 0 saturated carbocycles. The van der Waals surface area contributed by atoms with Crippen LogP contribution in [0.5, 0.6) is 0 Å². The number of halogens is 2. The molecule has 0 fully saturated rings. The predicted molar refractivity (Wildman–Crippen MR) is 99.6 cm³/mol. The van der Waals surface area contributed by atoms with E-state index in [9.17, 15) is 9.59 Å². The second kappa shape index (κ2) is 11.3. The number of carbonyl (C=O) groups excluding carboxylic acids is 2. The minimum absolute atomic E-state index is 0.0121. The van der Waals surface area contributed by atoms with Gasteiger partial charge in [-0.1, -0.05) is 49.0 Å². The van der Waals surface area contributed by atoms with E-state index in [4.69, 9.17) is 23.2 Å². The molecule has 0 unspecified atom stereocenters.